The molecule has 1 aliphatic rings. The van der Waals surface area contributed by atoms with Crippen LogP contribution in [0.1, 0.15) is 29.4 Å². The lowest BCUT2D eigenvalue weighted by Crippen LogP contribution is -2.32. The van der Waals surface area contributed by atoms with Gasteiger partial charge in [0.25, 0.3) is 5.91 Å². The summed E-state index contributed by atoms with van der Waals surface area (Å²) in [6.07, 6.45) is 4.05. The van der Waals surface area contributed by atoms with E-state index in [4.69, 9.17) is 5.14 Å². The maximum absolute atomic E-state index is 11.8. The average Bonchev–Trinajstić information content (AvgIpc) is 2.94. The summed E-state index contributed by atoms with van der Waals surface area (Å²) in [5.41, 5.74) is 0.571. The van der Waals surface area contributed by atoms with Gasteiger partial charge in [-0.15, -0.1) is 0 Å². The molecule has 1 saturated carbocycles. The SMILES string of the molecule is NS(=O)(=O)CCNC(=O)c1cccn1C1CC1. The van der Waals surface area contributed by atoms with Crippen molar-refractivity contribution in [3.05, 3.63) is 24.0 Å². The molecule has 0 spiro atoms. The summed E-state index contributed by atoms with van der Waals surface area (Å²) in [4.78, 5) is 11.8. The van der Waals surface area contributed by atoms with Gasteiger partial charge in [0.2, 0.25) is 10.0 Å². The summed E-state index contributed by atoms with van der Waals surface area (Å²) in [6.45, 7) is 0.0352. The van der Waals surface area contributed by atoms with Crippen LogP contribution in [-0.2, 0) is 10.0 Å². The number of hydrogen-bond acceptors (Lipinski definition) is 3. The third-order valence-electron chi connectivity index (χ3n) is 2.62. The molecule has 0 aromatic carbocycles. The molecule has 3 N–H and O–H groups in total. The number of nitrogens with one attached hydrogen (secondary N) is 1. The van der Waals surface area contributed by atoms with E-state index >= 15 is 0 Å². The van der Waals surface area contributed by atoms with Crippen LogP contribution in [-0.4, -0.2) is 31.2 Å². The van der Waals surface area contributed by atoms with Gasteiger partial charge in [-0.3, -0.25) is 4.79 Å². The second kappa shape index (κ2) is 4.50. The number of amides is 1. The Kier molecular flexibility index (Phi) is 3.21. The van der Waals surface area contributed by atoms with Crippen LogP contribution >= 0.6 is 0 Å². The molecule has 2 rings (SSSR count). The Hall–Kier alpha value is -1.34. The monoisotopic (exact) mass is 257 g/mol. The van der Waals surface area contributed by atoms with Gasteiger partial charge >= 0.3 is 0 Å². The van der Waals surface area contributed by atoms with Gasteiger partial charge in [0.15, 0.2) is 0 Å². The summed E-state index contributed by atoms with van der Waals surface area (Å²) < 4.78 is 23.3. The van der Waals surface area contributed by atoms with Gasteiger partial charge < -0.3 is 9.88 Å². The number of nitrogens with zero attached hydrogens (tertiary/aromatic N) is 1. The van der Waals surface area contributed by atoms with E-state index in [1.165, 1.54) is 0 Å². The van der Waals surface area contributed by atoms with Crippen molar-refractivity contribution >= 4 is 15.9 Å². The van der Waals surface area contributed by atoms with Crippen LogP contribution in [0.2, 0.25) is 0 Å². The fraction of sp³-hybridized carbons (Fsp3) is 0.500. The molecule has 1 fully saturated rings. The van der Waals surface area contributed by atoms with Gasteiger partial charge in [0, 0.05) is 18.8 Å². The standard InChI is InChI=1S/C10H15N3O3S/c11-17(15,16)7-5-12-10(14)9-2-1-6-13(9)8-3-4-8/h1-2,6,8H,3-5,7H2,(H,12,14)(H2,11,15,16). The van der Waals surface area contributed by atoms with E-state index in [0.717, 1.165) is 12.8 Å². The summed E-state index contributed by atoms with van der Waals surface area (Å²) in [5, 5.41) is 7.39. The highest BCUT2D eigenvalue weighted by molar-refractivity contribution is 7.89. The van der Waals surface area contributed by atoms with Gasteiger partial charge in [0.1, 0.15) is 5.69 Å². The number of rotatable bonds is 5. The molecule has 1 aromatic heterocycles. The largest absolute Gasteiger partial charge is 0.350 e. The lowest BCUT2D eigenvalue weighted by atomic mass is 10.4. The molecule has 0 unspecified atom stereocenters. The van der Waals surface area contributed by atoms with Crippen LogP contribution in [0.3, 0.4) is 0 Å². The molecule has 94 valence electrons. The molecule has 0 radical (unpaired) electrons. The van der Waals surface area contributed by atoms with E-state index in [-0.39, 0.29) is 18.2 Å². The van der Waals surface area contributed by atoms with Gasteiger partial charge in [-0.1, -0.05) is 0 Å². The predicted octanol–water partition coefficient (Wildman–Crippen LogP) is -0.159. The van der Waals surface area contributed by atoms with Crippen molar-refractivity contribution in [2.45, 2.75) is 18.9 Å². The minimum absolute atomic E-state index is 0.0352. The fourth-order valence-corrected chi connectivity index (χ4v) is 2.04. The molecule has 1 amide bonds. The van der Waals surface area contributed by atoms with Crippen LogP contribution in [0.25, 0.3) is 0 Å². The zero-order valence-electron chi connectivity index (χ0n) is 9.30. The summed E-state index contributed by atoms with van der Waals surface area (Å²) in [7, 11) is -3.52. The first-order valence-electron chi connectivity index (χ1n) is 5.43. The zero-order chi connectivity index (χ0) is 12.5. The lowest BCUT2D eigenvalue weighted by Gasteiger charge is -2.08. The van der Waals surface area contributed by atoms with Crippen molar-refractivity contribution in [2.75, 3.05) is 12.3 Å². The van der Waals surface area contributed by atoms with Crippen molar-refractivity contribution in [3.63, 3.8) is 0 Å². The van der Waals surface area contributed by atoms with Gasteiger partial charge in [0.05, 0.1) is 5.75 Å². The second-order valence-corrected chi connectivity index (χ2v) is 5.89. The van der Waals surface area contributed by atoms with Gasteiger partial charge in [-0.2, -0.15) is 0 Å². The predicted molar refractivity (Wildman–Crippen MR) is 63.0 cm³/mol. The molecular weight excluding hydrogens is 242 g/mol. The first-order valence-corrected chi connectivity index (χ1v) is 7.14. The Morgan fingerprint density at radius 2 is 2.24 bits per heavy atom. The van der Waals surface area contributed by atoms with Gasteiger partial charge in [-0.25, -0.2) is 13.6 Å². The Morgan fingerprint density at radius 1 is 1.53 bits per heavy atom. The Bertz CT molecular complexity index is 517. The van der Waals surface area contributed by atoms with Gasteiger partial charge in [-0.05, 0) is 25.0 Å². The third kappa shape index (κ3) is 3.31. The minimum atomic E-state index is -3.52. The number of sulfonamides is 1. The highest BCUT2D eigenvalue weighted by atomic mass is 32.2. The molecule has 0 atom stereocenters. The molecule has 1 heterocycles. The summed E-state index contributed by atoms with van der Waals surface area (Å²) in [6, 6.07) is 3.96. The van der Waals surface area contributed by atoms with Crippen LogP contribution in [0.15, 0.2) is 18.3 Å². The van der Waals surface area contributed by atoms with E-state index in [0.29, 0.717) is 11.7 Å². The highest BCUT2D eigenvalue weighted by Gasteiger charge is 2.26. The Balaban J connectivity index is 1.93. The van der Waals surface area contributed by atoms with Crippen LogP contribution < -0.4 is 10.5 Å². The molecule has 0 aliphatic heterocycles. The summed E-state index contributed by atoms with van der Waals surface area (Å²) in [5.74, 6) is -0.506. The lowest BCUT2D eigenvalue weighted by molar-refractivity contribution is 0.0946. The van der Waals surface area contributed by atoms with Crippen molar-refractivity contribution in [3.8, 4) is 0 Å². The van der Waals surface area contributed by atoms with Crippen molar-refractivity contribution in [1.82, 2.24) is 9.88 Å². The van der Waals surface area contributed by atoms with E-state index in [9.17, 15) is 13.2 Å². The van der Waals surface area contributed by atoms with E-state index in [1.54, 1.807) is 6.07 Å². The molecule has 7 heteroatoms. The number of nitrogens with two attached hydrogens (primary N) is 1. The highest BCUT2D eigenvalue weighted by Crippen LogP contribution is 2.35. The maximum Gasteiger partial charge on any atom is 0.267 e. The smallest absolute Gasteiger partial charge is 0.267 e. The molecule has 1 aliphatic carbocycles. The normalized spacial score (nSPS) is 15.8. The first-order chi connectivity index (χ1) is 7.97. The fourth-order valence-electron chi connectivity index (χ4n) is 1.65. The molecule has 0 bridgehead atoms. The summed E-state index contributed by atoms with van der Waals surface area (Å²) >= 11 is 0. The zero-order valence-corrected chi connectivity index (χ0v) is 10.1. The molecular formula is C10H15N3O3S. The molecule has 1 aromatic rings. The number of hydrogen-bond donors (Lipinski definition) is 2. The quantitative estimate of drug-likeness (QED) is 0.767. The molecule has 17 heavy (non-hydrogen) atoms. The van der Waals surface area contributed by atoms with E-state index in [1.807, 2.05) is 16.8 Å². The third-order valence-corrected chi connectivity index (χ3v) is 3.40. The van der Waals surface area contributed by atoms with E-state index < -0.39 is 10.0 Å². The Labute approximate surface area is 99.8 Å². The number of carbonyl (C=O) groups excluding carboxylic acids is 1. The van der Waals surface area contributed by atoms with Crippen molar-refractivity contribution in [1.29, 1.82) is 0 Å². The second-order valence-electron chi connectivity index (χ2n) is 4.15. The van der Waals surface area contributed by atoms with E-state index in [2.05, 4.69) is 5.32 Å². The minimum Gasteiger partial charge on any atom is -0.350 e. The number of aromatic nitrogens is 1. The average molecular weight is 257 g/mol. The van der Waals surface area contributed by atoms with Crippen LogP contribution in [0.4, 0.5) is 0 Å². The topological polar surface area (TPSA) is 94.2 Å². The molecule has 6 nitrogen and oxygen atoms in total. The Morgan fingerprint density at radius 3 is 2.82 bits per heavy atom. The number of primary sulfonamides is 1. The van der Waals surface area contributed by atoms with Crippen molar-refractivity contribution < 1.29 is 13.2 Å². The van der Waals surface area contributed by atoms with Crippen LogP contribution in [0, 0.1) is 0 Å². The maximum atomic E-state index is 11.8. The first kappa shape index (κ1) is 12.1. The number of carbonyl (C=O) groups is 1. The van der Waals surface area contributed by atoms with Crippen molar-refractivity contribution in [2.24, 2.45) is 5.14 Å². The molecule has 0 saturated heterocycles. The van der Waals surface area contributed by atoms with Crippen LogP contribution in [0.5, 0.6) is 0 Å².